The Kier molecular flexibility index (Phi) is 4.60. The summed E-state index contributed by atoms with van der Waals surface area (Å²) in [6.07, 6.45) is 3.61. The summed E-state index contributed by atoms with van der Waals surface area (Å²) in [5.74, 6) is 1.24. The van der Waals surface area contributed by atoms with Crippen molar-refractivity contribution in [2.45, 2.75) is 32.2 Å². The van der Waals surface area contributed by atoms with E-state index >= 15 is 0 Å². The number of hydrogen-bond donors (Lipinski definition) is 1. The van der Waals surface area contributed by atoms with Gasteiger partial charge in [0, 0.05) is 5.56 Å². The smallest absolute Gasteiger partial charge is 0.274 e. The van der Waals surface area contributed by atoms with Gasteiger partial charge in [-0.25, -0.2) is 4.79 Å². The molecular formula is C22H24NO3+2. The molecule has 2 bridgehead atoms. The van der Waals surface area contributed by atoms with Gasteiger partial charge < -0.3 is 0 Å². The molecule has 0 aliphatic heterocycles. The van der Waals surface area contributed by atoms with E-state index in [0.717, 1.165) is 5.56 Å². The molecule has 1 unspecified atom stereocenters. The van der Waals surface area contributed by atoms with Crippen LogP contribution in [0, 0.1) is 17.8 Å². The molecule has 2 aromatic rings. The van der Waals surface area contributed by atoms with Crippen LogP contribution in [0.3, 0.4) is 0 Å². The Balaban J connectivity index is 1.34. The van der Waals surface area contributed by atoms with E-state index in [1.165, 1.54) is 19.3 Å². The third-order valence-corrected chi connectivity index (χ3v) is 5.94. The van der Waals surface area contributed by atoms with Crippen molar-refractivity contribution < 1.29 is 19.9 Å². The SMILES string of the molecule is C[C@@H]([NH2+]OC(=O)c1ccc(C(=[O+])C2[C@@H]3CC[C@H]2C3)cc1)c1ccccc1. The maximum atomic E-state index is 12.6. The number of nitrogens with two attached hydrogens (primary N) is 1. The molecule has 3 aliphatic rings. The molecule has 4 nitrogen and oxygen atoms in total. The molecule has 0 amide bonds. The highest BCUT2D eigenvalue weighted by Crippen LogP contribution is 2.54. The predicted molar refractivity (Wildman–Crippen MR) is 97.3 cm³/mol. The van der Waals surface area contributed by atoms with Gasteiger partial charge in [-0.05, 0) is 62.3 Å². The summed E-state index contributed by atoms with van der Waals surface area (Å²) >= 11 is 0. The second kappa shape index (κ2) is 7.04. The first-order chi connectivity index (χ1) is 12.6. The van der Waals surface area contributed by atoms with Gasteiger partial charge in [0.2, 0.25) is 4.79 Å². The van der Waals surface area contributed by atoms with Crippen LogP contribution in [0.4, 0.5) is 0 Å². The van der Waals surface area contributed by atoms with Crippen LogP contribution >= 0.6 is 0 Å². The number of fused-ring (bicyclic) bond motifs is 1. The van der Waals surface area contributed by atoms with E-state index in [4.69, 9.17) is 4.84 Å². The first-order valence-corrected chi connectivity index (χ1v) is 9.37. The van der Waals surface area contributed by atoms with Crippen molar-refractivity contribution in [1.29, 1.82) is 0 Å². The first-order valence-electron chi connectivity index (χ1n) is 9.37. The number of rotatable bonds is 6. The Morgan fingerprint density at radius 3 is 2.27 bits per heavy atom. The van der Waals surface area contributed by atoms with Gasteiger partial charge in [-0.2, -0.15) is 0 Å². The van der Waals surface area contributed by atoms with Crippen LogP contribution in [0.5, 0.6) is 0 Å². The summed E-state index contributed by atoms with van der Waals surface area (Å²) in [4.78, 5) is 30.2. The molecule has 5 rings (SSSR count). The van der Waals surface area contributed by atoms with Crippen LogP contribution in [0.15, 0.2) is 54.6 Å². The predicted octanol–water partition coefficient (Wildman–Crippen LogP) is 3.31. The van der Waals surface area contributed by atoms with E-state index < -0.39 is 5.97 Å². The van der Waals surface area contributed by atoms with E-state index in [1.807, 2.05) is 37.3 Å². The minimum Gasteiger partial charge on any atom is -0.274 e. The quantitative estimate of drug-likeness (QED) is 0.494. The van der Waals surface area contributed by atoms with E-state index in [1.54, 1.807) is 29.7 Å². The molecular weight excluding hydrogens is 326 g/mol. The molecule has 0 aromatic heterocycles. The van der Waals surface area contributed by atoms with Gasteiger partial charge in [0.25, 0.3) is 0 Å². The van der Waals surface area contributed by atoms with E-state index in [9.17, 15) is 9.59 Å². The van der Waals surface area contributed by atoms with Gasteiger partial charge >= 0.3 is 11.8 Å². The Morgan fingerprint density at radius 2 is 1.65 bits per heavy atom. The lowest BCUT2D eigenvalue weighted by atomic mass is 9.69. The molecule has 0 saturated heterocycles. The van der Waals surface area contributed by atoms with E-state index in [2.05, 4.69) is 0 Å². The first kappa shape index (κ1) is 17.0. The fourth-order valence-corrected chi connectivity index (χ4v) is 4.35. The molecule has 1 radical (unpaired) electrons. The average molecular weight is 350 g/mol. The van der Waals surface area contributed by atoms with Crippen molar-refractivity contribution in [2.75, 3.05) is 0 Å². The number of carbonyl (C=O) groups is 2. The standard InChI is InChI=1S/C22H23NO3/c1-14(15-5-3-2-4-6-15)23-26-22(25)17-9-7-16(8-10-17)21(24)20-18-11-12-19(20)13-18/h2-10,14,18-20,23H,11-13H2,1H3/q+1/p+1/t14-,18-,19+,20?/m1/s1. The number of ketones is 1. The number of hydrogen-bond acceptors (Lipinski definition) is 3. The molecule has 26 heavy (non-hydrogen) atoms. The van der Waals surface area contributed by atoms with Crippen LogP contribution in [0.1, 0.15) is 58.5 Å². The maximum absolute atomic E-state index is 12.6. The van der Waals surface area contributed by atoms with Crippen LogP contribution in [-0.2, 0) is 4.84 Å². The van der Waals surface area contributed by atoms with Crippen LogP contribution in [0.25, 0.3) is 0 Å². The molecule has 3 aliphatic carbocycles. The zero-order valence-electron chi connectivity index (χ0n) is 14.9. The molecule has 2 aromatic carbocycles. The van der Waals surface area contributed by atoms with Crippen molar-refractivity contribution in [3.8, 4) is 0 Å². The summed E-state index contributed by atoms with van der Waals surface area (Å²) < 4.78 is 0. The van der Waals surface area contributed by atoms with Gasteiger partial charge in [0.1, 0.15) is 6.04 Å². The minimum absolute atomic E-state index is 0.0232. The summed E-state index contributed by atoms with van der Waals surface area (Å²) in [6.45, 7) is 1.98. The molecule has 2 N–H and O–H groups in total. The lowest BCUT2D eigenvalue weighted by Gasteiger charge is -2.29. The zero-order chi connectivity index (χ0) is 18.1. The highest BCUT2D eigenvalue weighted by Gasteiger charge is 2.56. The Morgan fingerprint density at radius 1 is 1.04 bits per heavy atom. The lowest BCUT2D eigenvalue weighted by molar-refractivity contribution is -0.898. The monoisotopic (exact) mass is 350 g/mol. The van der Waals surface area contributed by atoms with Crippen LogP contribution in [0.2, 0.25) is 0 Å². The Bertz CT molecular complexity index is 786. The van der Waals surface area contributed by atoms with Gasteiger partial charge in [0.05, 0.1) is 17.0 Å². The number of Topliss-reactive ketones (excluding diaryl/α,β-unsaturated/α-hetero) is 1. The van der Waals surface area contributed by atoms with Crippen molar-refractivity contribution in [3.05, 3.63) is 71.3 Å². The highest BCUT2D eigenvalue weighted by molar-refractivity contribution is 6.00. The third kappa shape index (κ3) is 3.17. The summed E-state index contributed by atoms with van der Waals surface area (Å²) in [6, 6.07) is 16.8. The van der Waals surface area contributed by atoms with Crippen LogP contribution in [-0.4, -0.2) is 11.8 Å². The van der Waals surface area contributed by atoms with Crippen molar-refractivity contribution in [3.63, 3.8) is 0 Å². The molecule has 4 atom stereocenters. The van der Waals surface area contributed by atoms with Crippen molar-refractivity contribution in [1.82, 2.24) is 0 Å². The second-order valence-electron chi connectivity index (χ2n) is 7.54. The summed E-state index contributed by atoms with van der Waals surface area (Å²) in [7, 11) is 0. The molecule has 0 heterocycles. The fraction of sp³-hybridized carbons (Fsp3) is 0.364. The number of benzene rings is 2. The summed E-state index contributed by atoms with van der Waals surface area (Å²) in [5.41, 5.74) is 3.83. The normalized spacial score (nSPS) is 24.6. The zero-order valence-corrected chi connectivity index (χ0v) is 14.9. The van der Waals surface area contributed by atoms with Gasteiger partial charge in [-0.3, -0.25) is 4.84 Å². The van der Waals surface area contributed by atoms with Gasteiger partial charge in [-0.1, -0.05) is 30.3 Å². The second-order valence-corrected chi connectivity index (χ2v) is 7.54. The highest BCUT2D eigenvalue weighted by atomic mass is 16.7. The van der Waals surface area contributed by atoms with E-state index in [0.29, 0.717) is 23.0 Å². The van der Waals surface area contributed by atoms with Crippen molar-refractivity contribution >= 4 is 11.8 Å². The number of quaternary nitrogens is 1. The average Bonchev–Trinajstić information content (AvgIpc) is 3.32. The summed E-state index contributed by atoms with van der Waals surface area (Å²) in [5, 5.41) is 0. The largest absolute Gasteiger partial charge is 0.478 e. The lowest BCUT2D eigenvalue weighted by Crippen LogP contribution is -2.84. The molecule has 133 valence electrons. The van der Waals surface area contributed by atoms with E-state index in [-0.39, 0.29) is 17.7 Å². The Hall–Kier alpha value is -2.46. The minimum atomic E-state index is -0.393. The fourth-order valence-electron chi connectivity index (χ4n) is 4.35. The Labute approximate surface area is 153 Å². The van der Waals surface area contributed by atoms with Crippen LogP contribution < -0.4 is 5.48 Å². The maximum Gasteiger partial charge on any atom is 0.478 e. The van der Waals surface area contributed by atoms with Gasteiger partial charge in [-0.15, -0.1) is 5.48 Å². The van der Waals surface area contributed by atoms with Gasteiger partial charge in [0.15, 0.2) is 0 Å². The molecule has 0 spiro atoms. The molecule has 4 heteroatoms. The molecule has 3 saturated carbocycles. The molecule has 3 fully saturated rings. The topological polar surface area (TPSA) is 62.8 Å². The third-order valence-electron chi connectivity index (χ3n) is 5.94. The number of hydroxylamine groups is 1. The number of carbonyl (C=O) groups excluding carboxylic acids is 2. The van der Waals surface area contributed by atoms with Crippen molar-refractivity contribution in [2.24, 2.45) is 17.8 Å².